The predicted octanol–water partition coefficient (Wildman–Crippen LogP) is 5.31. The molecule has 0 aliphatic heterocycles. The zero-order valence-electron chi connectivity index (χ0n) is 15.5. The molecule has 0 unspecified atom stereocenters. The van der Waals surface area contributed by atoms with Crippen LogP contribution in [0.25, 0.3) is 0 Å². The molecule has 3 rings (SSSR count). The molecule has 0 amide bonds. The fraction of sp³-hybridized carbons (Fsp3) is 0.474. The SMILES string of the molecule is CC(C)[C@@H](CO)Nc1nc(Nc2ccc(Br)c(C(F)(F)F)c2)cc(C2CC2)n1. The minimum absolute atomic E-state index is 0.0167. The maximum atomic E-state index is 13.2. The van der Waals surface area contributed by atoms with E-state index in [-0.39, 0.29) is 28.7 Å². The van der Waals surface area contributed by atoms with Crippen molar-refractivity contribution in [2.24, 2.45) is 5.92 Å². The van der Waals surface area contributed by atoms with Crippen LogP contribution < -0.4 is 10.6 Å². The Morgan fingerprint density at radius 3 is 2.50 bits per heavy atom. The van der Waals surface area contributed by atoms with E-state index in [9.17, 15) is 18.3 Å². The van der Waals surface area contributed by atoms with Crippen LogP contribution in [0, 0.1) is 5.92 Å². The second-order valence-corrected chi connectivity index (χ2v) is 8.13. The van der Waals surface area contributed by atoms with E-state index in [2.05, 4.69) is 36.5 Å². The van der Waals surface area contributed by atoms with E-state index >= 15 is 0 Å². The summed E-state index contributed by atoms with van der Waals surface area (Å²) in [6.45, 7) is 3.87. The van der Waals surface area contributed by atoms with E-state index in [4.69, 9.17) is 0 Å². The number of rotatable bonds is 7. The first kappa shape index (κ1) is 20.9. The molecule has 3 N–H and O–H groups in total. The quantitative estimate of drug-likeness (QED) is 0.524. The zero-order valence-corrected chi connectivity index (χ0v) is 17.1. The highest BCUT2D eigenvalue weighted by atomic mass is 79.9. The molecule has 0 saturated heterocycles. The summed E-state index contributed by atoms with van der Waals surface area (Å²) < 4.78 is 39.4. The highest BCUT2D eigenvalue weighted by Crippen LogP contribution is 2.41. The van der Waals surface area contributed by atoms with Crippen LogP contribution in [0.1, 0.15) is 43.9 Å². The van der Waals surface area contributed by atoms with Crippen molar-refractivity contribution in [1.82, 2.24) is 9.97 Å². The van der Waals surface area contributed by atoms with Gasteiger partial charge in [-0.15, -0.1) is 0 Å². The van der Waals surface area contributed by atoms with Gasteiger partial charge in [-0.2, -0.15) is 18.2 Å². The Morgan fingerprint density at radius 1 is 1.21 bits per heavy atom. The van der Waals surface area contributed by atoms with Gasteiger partial charge in [0.15, 0.2) is 0 Å². The molecule has 9 heteroatoms. The van der Waals surface area contributed by atoms with Crippen molar-refractivity contribution in [2.75, 3.05) is 17.2 Å². The fourth-order valence-corrected chi connectivity index (χ4v) is 3.21. The number of nitrogens with zero attached hydrogens (tertiary/aromatic N) is 2. The van der Waals surface area contributed by atoms with Crippen LogP contribution in [0.5, 0.6) is 0 Å². The Bertz CT molecular complexity index is 840. The monoisotopic (exact) mass is 458 g/mol. The van der Waals surface area contributed by atoms with Crippen LogP contribution in [0.4, 0.5) is 30.6 Å². The van der Waals surface area contributed by atoms with Gasteiger partial charge in [-0.05, 0) is 37.0 Å². The summed E-state index contributed by atoms with van der Waals surface area (Å²) in [6.07, 6.45) is -2.40. The number of benzene rings is 1. The van der Waals surface area contributed by atoms with Crippen molar-refractivity contribution in [1.29, 1.82) is 0 Å². The molecule has 1 heterocycles. The van der Waals surface area contributed by atoms with E-state index in [1.54, 1.807) is 12.1 Å². The molecule has 28 heavy (non-hydrogen) atoms. The number of aliphatic hydroxyl groups is 1. The normalized spacial score (nSPS) is 15.6. The lowest BCUT2D eigenvalue weighted by Crippen LogP contribution is -2.30. The number of aliphatic hydroxyl groups excluding tert-OH is 1. The summed E-state index contributed by atoms with van der Waals surface area (Å²) in [6, 6.07) is 5.50. The molecule has 1 aromatic carbocycles. The number of hydrogen-bond donors (Lipinski definition) is 3. The molecule has 1 fully saturated rings. The van der Waals surface area contributed by atoms with E-state index < -0.39 is 11.7 Å². The van der Waals surface area contributed by atoms with Crippen molar-refractivity contribution in [3.63, 3.8) is 0 Å². The minimum Gasteiger partial charge on any atom is -0.394 e. The maximum absolute atomic E-state index is 13.2. The average Bonchev–Trinajstić information content (AvgIpc) is 3.45. The minimum atomic E-state index is -4.46. The Balaban J connectivity index is 1.89. The molecule has 0 bridgehead atoms. The Hall–Kier alpha value is -1.87. The van der Waals surface area contributed by atoms with Crippen molar-refractivity contribution < 1.29 is 18.3 Å². The summed E-state index contributed by atoms with van der Waals surface area (Å²) >= 11 is 2.94. The lowest BCUT2D eigenvalue weighted by molar-refractivity contribution is -0.138. The molecule has 152 valence electrons. The van der Waals surface area contributed by atoms with Crippen molar-refractivity contribution in [3.8, 4) is 0 Å². The van der Waals surface area contributed by atoms with Gasteiger partial charge in [0.25, 0.3) is 0 Å². The van der Waals surface area contributed by atoms with Crippen LogP contribution in [0.2, 0.25) is 0 Å². The molecule has 1 aliphatic rings. The molecule has 0 spiro atoms. The first-order valence-electron chi connectivity index (χ1n) is 9.07. The third kappa shape index (κ3) is 5.14. The summed E-state index contributed by atoms with van der Waals surface area (Å²) in [5, 5.41) is 15.6. The van der Waals surface area contributed by atoms with Gasteiger partial charge in [-0.25, -0.2) is 4.98 Å². The number of nitrogens with one attached hydrogen (secondary N) is 2. The lowest BCUT2D eigenvalue weighted by atomic mass is 10.1. The Labute approximate surface area is 169 Å². The molecule has 0 radical (unpaired) electrons. The number of alkyl halides is 3. The van der Waals surface area contributed by atoms with Crippen LogP contribution in [-0.4, -0.2) is 27.7 Å². The summed E-state index contributed by atoms with van der Waals surface area (Å²) in [5.74, 6) is 1.27. The second-order valence-electron chi connectivity index (χ2n) is 7.27. The van der Waals surface area contributed by atoms with Crippen molar-refractivity contribution in [3.05, 3.63) is 40.0 Å². The largest absolute Gasteiger partial charge is 0.417 e. The topological polar surface area (TPSA) is 70.1 Å². The van der Waals surface area contributed by atoms with Gasteiger partial charge in [0.05, 0.1) is 23.9 Å². The highest BCUT2D eigenvalue weighted by Gasteiger charge is 2.33. The van der Waals surface area contributed by atoms with Crippen LogP contribution in [-0.2, 0) is 6.18 Å². The smallest absolute Gasteiger partial charge is 0.394 e. The summed E-state index contributed by atoms with van der Waals surface area (Å²) in [7, 11) is 0. The third-order valence-corrected chi connectivity index (χ3v) is 5.29. The predicted molar refractivity (Wildman–Crippen MR) is 106 cm³/mol. The summed E-state index contributed by atoms with van der Waals surface area (Å²) in [5.41, 5.74) is 0.366. The van der Waals surface area contributed by atoms with Gasteiger partial charge < -0.3 is 15.7 Å². The molecule has 1 saturated carbocycles. The number of aromatic nitrogens is 2. The van der Waals surface area contributed by atoms with Crippen LogP contribution in [0.3, 0.4) is 0 Å². The summed E-state index contributed by atoms with van der Waals surface area (Å²) in [4.78, 5) is 8.90. The van der Waals surface area contributed by atoms with Crippen molar-refractivity contribution in [2.45, 2.75) is 44.8 Å². The van der Waals surface area contributed by atoms with E-state index in [0.717, 1.165) is 24.6 Å². The fourth-order valence-electron chi connectivity index (χ4n) is 2.74. The molecule has 2 aromatic rings. The Morgan fingerprint density at radius 2 is 1.93 bits per heavy atom. The Kier molecular flexibility index (Phi) is 6.14. The maximum Gasteiger partial charge on any atom is 0.417 e. The standard InChI is InChI=1S/C19H22BrF3N4O/c1-10(2)16(9-28)26-18-25-15(11-3-4-11)8-17(27-18)24-12-5-6-14(20)13(7-12)19(21,22)23/h5-8,10-11,16,28H,3-4,9H2,1-2H3,(H2,24,25,26,27)/t16-/m1/s1. The van der Waals surface area contributed by atoms with E-state index in [0.29, 0.717) is 17.7 Å². The molecule has 1 atom stereocenters. The lowest BCUT2D eigenvalue weighted by Gasteiger charge is -2.21. The van der Waals surface area contributed by atoms with Gasteiger partial charge >= 0.3 is 6.18 Å². The second kappa shape index (κ2) is 8.24. The van der Waals surface area contributed by atoms with Gasteiger partial charge in [0, 0.05) is 22.1 Å². The number of halogens is 4. The first-order chi connectivity index (χ1) is 13.2. The van der Waals surface area contributed by atoms with Gasteiger partial charge in [-0.3, -0.25) is 0 Å². The average molecular weight is 459 g/mol. The molecular formula is C19H22BrF3N4O. The van der Waals surface area contributed by atoms with E-state index in [1.807, 2.05) is 13.8 Å². The number of hydrogen-bond acceptors (Lipinski definition) is 5. The first-order valence-corrected chi connectivity index (χ1v) is 9.87. The number of anilines is 3. The molecule has 1 aromatic heterocycles. The zero-order chi connectivity index (χ0) is 20.5. The highest BCUT2D eigenvalue weighted by molar-refractivity contribution is 9.10. The third-order valence-electron chi connectivity index (χ3n) is 4.60. The molecule has 1 aliphatic carbocycles. The van der Waals surface area contributed by atoms with Gasteiger partial charge in [0.2, 0.25) is 5.95 Å². The van der Waals surface area contributed by atoms with Crippen molar-refractivity contribution >= 4 is 33.4 Å². The molecule has 5 nitrogen and oxygen atoms in total. The van der Waals surface area contributed by atoms with Gasteiger partial charge in [0.1, 0.15) is 5.82 Å². The van der Waals surface area contributed by atoms with Crippen LogP contribution in [0.15, 0.2) is 28.7 Å². The van der Waals surface area contributed by atoms with Gasteiger partial charge in [-0.1, -0.05) is 29.8 Å². The molecular weight excluding hydrogens is 437 g/mol. The van der Waals surface area contributed by atoms with E-state index in [1.165, 1.54) is 6.07 Å². The van der Waals surface area contributed by atoms with Crippen LogP contribution >= 0.6 is 15.9 Å².